The zero-order valence-electron chi connectivity index (χ0n) is 61.3. The van der Waals surface area contributed by atoms with Gasteiger partial charge in [-0.1, -0.05) is 58.6 Å². The van der Waals surface area contributed by atoms with E-state index >= 15 is 0 Å². The Hall–Kier alpha value is -8.49. The number of aliphatic carboxylic acids is 13. The zero-order valence-corrected chi connectivity index (χ0v) is 63.9. The molecule has 48 nitrogen and oxygen atoms in total. The monoisotopic (exact) mass is 1650 g/mol. The number of hydrogen-bond acceptors (Lipinski definition) is 29. The number of hydrogen-bond donors (Lipinski definition) is 24. The number of carbonyl (C=O) groups is 16. The number of amides is 3. The van der Waals surface area contributed by atoms with Crippen molar-refractivity contribution in [1.29, 1.82) is 0 Å². The van der Waals surface area contributed by atoms with Gasteiger partial charge < -0.3 is 132 Å². The quantitative estimate of drug-likeness (QED) is 0.00671. The van der Waals surface area contributed by atoms with Gasteiger partial charge in [-0.05, 0) is 67.3 Å². The molecule has 3 amide bonds. The number of unbranched alkanes of at least 4 members (excludes halogenated alkanes) is 1. The summed E-state index contributed by atoms with van der Waals surface area (Å²) in [6, 6.07) is -0.884. The van der Waals surface area contributed by atoms with Crippen LogP contribution < -0.4 is 21.7 Å². The van der Waals surface area contributed by atoms with Crippen LogP contribution in [0, 0.1) is 5.92 Å². The van der Waals surface area contributed by atoms with Crippen molar-refractivity contribution in [2.75, 3.05) is 83.8 Å². The van der Waals surface area contributed by atoms with Crippen LogP contribution in [0.4, 0.5) is 0 Å². The molecule has 0 radical (unpaired) electrons. The van der Waals surface area contributed by atoms with Crippen molar-refractivity contribution in [3.05, 3.63) is 12.2 Å². The summed E-state index contributed by atoms with van der Waals surface area (Å²) < 4.78 is 37.7. The summed E-state index contributed by atoms with van der Waals surface area (Å²) in [6.45, 7) is 20.6. The van der Waals surface area contributed by atoms with Gasteiger partial charge in [-0.15, -0.1) is 4.33 Å². The van der Waals surface area contributed by atoms with Gasteiger partial charge in [-0.2, -0.15) is 0 Å². The van der Waals surface area contributed by atoms with Gasteiger partial charge in [0.15, 0.2) is 18.3 Å². The third-order valence-corrected chi connectivity index (χ3v) is 12.0. The van der Waals surface area contributed by atoms with Gasteiger partial charge in [-0.3, -0.25) is 66.8 Å². The normalized spacial score (nSPS) is 11.9. The van der Waals surface area contributed by atoms with Crippen LogP contribution in [0.3, 0.4) is 0 Å². The molecule has 0 aromatic carbocycles. The SMILES string of the molecule is CCC(=O)O.CCC=CC(=O)O.CCCCC(CC(=O)O)C(=O)O.CCCN(CC(=O)O)CC(=O)O.CCNC(=O)C(O)(CC(=O)O)C(=O)O.CCNC(=O)CP(=O)(O)O.CCNC(=O)CSOOO.CCOC(C(=O)O)C(O)C(=O)O.CCOC(CC(=O)O)C(=O)O.CCOCC(N)C(=O)O.CCP(=O)(O)O. The van der Waals surface area contributed by atoms with Crippen molar-refractivity contribution in [3.63, 3.8) is 0 Å². The van der Waals surface area contributed by atoms with E-state index in [0.29, 0.717) is 32.7 Å². The summed E-state index contributed by atoms with van der Waals surface area (Å²) in [5.41, 5.74) is 2.18. The minimum absolute atomic E-state index is 0.0291. The Kier molecular flexibility index (Phi) is 90.8. The molecule has 0 saturated carbocycles. The maximum atomic E-state index is 11.0. The first-order valence-corrected chi connectivity index (χ1v) is 35.9. The standard InChI is InChI=1S/C8H14O4.C7H11NO6.C7H13NO4.C6H10O6.C6H10O5.C5H11NO3.C5H8O2.C4H10NO4P.C4H9NO4S.C3H6O2.C2H7O3P/c1-2-3-4-6(8(11)12)5-7(9)10;1-2-8-5(11)7(14,6(12)13)3-4(9)10;1-2-3-8(4-6(9)10)5-7(11)12;1-2-12-4(6(10)11)3(7)5(8)9;1-2-11-4(6(9)10)3-5(7)8;1-2-9-3-4(6)5(7)8;1-2-3-4-5(6)7;1-2-5-4(6)3-10(7,8)9;1-2-5-4(6)3-10-9-8-7;1-2-3(4)5;1-2-6(3,4)5/h6H,2-5H2,1H3,(H,9,10)(H,11,12);14H,2-3H2,1H3,(H,8,11)(H,9,10)(H,12,13);2-5H2,1H3,(H,9,10)(H,11,12);3-4,7H,2H2,1H3,(H,8,9)(H,10,11);4H,2-3H2,1H3,(H,7,8)(H,9,10);4H,2-3,6H2,1H3,(H,7,8);3-4H,2H2,1H3,(H,6,7);2-3H2,1H3,(H,5,6)(H2,7,8,9);7H,2-3H2,1H3,(H,5,6);2H2,1H3,(H,4,5);2H2,1H3,(H2,3,4,5). The van der Waals surface area contributed by atoms with Crippen LogP contribution in [0.15, 0.2) is 12.2 Å². The van der Waals surface area contributed by atoms with Gasteiger partial charge in [0.25, 0.3) is 11.5 Å². The van der Waals surface area contributed by atoms with Crippen molar-refractivity contribution >= 4 is 123 Å². The number of carboxylic acids is 13. The minimum atomic E-state index is -4.16. The van der Waals surface area contributed by atoms with Crippen LogP contribution in [0.1, 0.15) is 134 Å². The highest BCUT2D eigenvalue weighted by Crippen LogP contribution is 2.33. The number of nitrogens with zero attached hydrogens (tertiary/aromatic N) is 1. The van der Waals surface area contributed by atoms with Crippen LogP contribution in [-0.2, 0) is 109 Å². The Balaban J connectivity index is -0.000000107. The first kappa shape index (κ1) is 123. The molecule has 6 atom stereocenters. The summed E-state index contributed by atoms with van der Waals surface area (Å²) in [5, 5.41) is 143. The fourth-order valence-corrected chi connectivity index (χ4v) is 5.96. The molecule has 0 aromatic rings. The van der Waals surface area contributed by atoms with Gasteiger partial charge in [0.2, 0.25) is 11.8 Å². The van der Waals surface area contributed by atoms with E-state index in [9.17, 15) is 90.9 Å². The topological polar surface area (TPSA) is 823 Å². The molecule has 0 aliphatic heterocycles. The number of aliphatic hydroxyl groups excluding tert-OH is 1. The van der Waals surface area contributed by atoms with E-state index in [2.05, 4.69) is 29.5 Å². The predicted octanol–water partition coefficient (Wildman–Crippen LogP) is -0.866. The summed E-state index contributed by atoms with van der Waals surface area (Å²) in [5.74, 6) is -18.3. The van der Waals surface area contributed by atoms with Crippen molar-refractivity contribution in [2.24, 2.45) is 11.7 Å². The van der Waals surface area contributed by atoms with Gasteiger partial charge in [-0.25, -0.2) is 29.2 Å². The summed E-state index contributed by atoms with van der Waals surface area (Å²) in [4.78, 5) is 197. The summed E-state index contributed by atoms with van der Waals surface area (Å²) in [7, 11) is -7.81. The van der Waals surface area contributed by atoms with E-state index in [1.807, 2.05) is 33.0 Å². The summed E-state index contributed by atoms with van der Waals surface area (Å²) in [6.07, 6.45) is -1.06. The van der Waals surface area contributed by atoms with Crippen molar-refractivity contribution in [1.82, 2.24) is 20.9 Å². The number of ether oxygens (including phenoxy) is 3. The molecule has 0 spiro atoms. The Labute approximate surface area is 623 Å². The molecule has 25 N–H and O–H groups in total. The zero-order chi connectivity index (χ0) is 87.5. The van der Waals surface area contributed by atoms with Crippen LogP contribution in [-0.4, -0.2) is 315 Å². The number of likely N-dealkylation sites (N-methyl/N-ethyl adjacent to an activating group) is 1. The third-order valence-electron chi connectivity index (χ3n) is 9.94. The van der Waals surface area contributed by atoms with Crippen LogP contribution in [0.2, 0.25) is 0 Å². The Bertz CT molecular complexity index is 2660. The summed E-state index contributed by atoms with van der Waals surface area (Å²) >= 11 is 0.717. The van der Waals surface area contributed by atoms with E-state index in [0.717, 1.165) is 43.8 Å². The molecular formula is C57H109N5O43P2S. The molecule has 51 heteroatoms. The molecule has 0 saturated heterocycles. The predicted molar refractivity (Wildman–Crippen MR) is 372 cm³/mol. The molecule has 0 aliphatic rings. The van der Waals surface area contributed by atoms with E-state index in [4.69, 9.17) is 107 Å². The highest BCUT2D eigenvalue weighted by molar-refractivity contribution is 7.95. The first-order valence-electron chi connectivity index (χ1n) is 31.4. The van der Waals surface area contributed by atoms with E-state index in [1.165, 1.54) is 25.7 Å². The minimum Gasteiger partial charge on any atom is -0.481 e. The van der Waals surface area contributed by atoms with Crippen LogP contribution in [0.25, 0.3) is 0 Å². The van der Waals surface area contributed by atoms with Crippen LogP contribution in [0.5, 0.6) is 0 Å². The Morgan fingerprint density at radius 2 is 1.01 bits per heavy atom. The number of rotatable bonds is 43. The maximum Gasteiger partial charge on any atom is 0.346 e. The van der Waals surface area contributed by atoms with Crippen molar-refractivity contribution in [2.45, 2.75) is 164 Å². The molecule has 0 fully saturated rings. The lowest BCUT2D eigenvalue weighted by Crippen LogP contribution is -2.53. The van der Waals surface area contributed by atoms with Crippen LogP contribution >= 0.6 is 27.2 Å². The van der Waals surface area contributed by atoms with Crippen molar-refractivity contribution in [3.8, 4) is 0 Å². The fraction of sp³-hybridized carbons (Fsp3) is 0.684. The lowest BCUT2D eigenvalue weighted by atomic mass is 9.99. The van der Waals surface area contributed by atoms with Crippen molar-refractivity contribution < 1.29 is 211 Å². The van der Waals surface area contributed by atoms with Gasteiger partial charge in [0.05, 0.1) is 44.9 Å². The number of carboxylic acid groups (broad SMARTS) is 13. The van der Waals surface area contributed by atoms with Gasteiger partial charge in [0, 0.05) is 70.2 Å². The van der Waals surface area contributed by atoms with Gasteiger partial charge >= 0.3 is 92.8 Å². The smallest absolute Gasteiger partial charge is 0.346 e. The second-order valence-electron chi connectivity index (χ2n) is 19.4. The highest BCUT2D eigenvalue weighted by atomic mass is 32.2. The Morgan fingerprint density at radius 1 is 0.556 bits per heavy atom. The maximum absolute atomic E-state index is 11.0. The van der Waals surface area contributed by atoms with E-state index in [-0.39, 0.29) is 70.1 Å². The molecule has 0 aliphatic carbocycles. The molecule has 6 unspecified atom stereocenters. The average Bonchev–Trinajstić information content (AvgIpc) is 0.834. The molecular weight excluding hydrogens is 1540 g/mol. The first-order chi connectivity index (χ1) is 49.6. The molecule has 636 valence electrons. The number of nitrogens with two attached hydrogens (primary N) is 1. The van der Waals surface area contributed by atoms with E-state index < -0.39 is 159 Å². The Morgan fingerprint density at radius 3 is 1.28 bits per heavy atom. The van der Waals surface area contributed by atoms with E-state index in [1.54, 1.807) is 33.8 Å². The molecule has 0 heterocycles. The number of allylic oxidation sites excluding steroid dienone is 1. The average molecular weight is 1650 g/mol. The number of aliphatic hydroxyl groups is 2. The fourth-order valence-electron chi connectivity index (χ4n) is 5.17. The lowest BCUT2D eigenvalue weighted by molar-refractivity contribution is -0.432. The van der Waals surface area contributed by atoms with Gasteiger partial charge in [0.1, 0.15) is 18.0 Å². The third kappa shape index (κ3) is 104. The second-order valence-corrected chi connectivity index (χ2v) is 23.6. The lowest BCUT2D eigenvalue weighted by Gasteiger charge is -2.19. The number of nitrogens with one attached hydrogen (secondary N) is 3. The molecule has 0 bridgehead atoms. The largest absolute Gasteiger partial charge is 0.481 e. The highest BCUT2D eigenvalue weighted by Gasteiger charge is 2.46. The number of carbonyl (C=O) groups excluding carboxylic acids is 3. The second kappa shape index (κ2) is 79.5. The molecule has 0 aromatic heterocycles. The molecule has 0 rings (SSSR count). The molecule has 108 heavy (non-hydrogen) atoms.